The van der Waals surface area contributed by atoms with E-state index >= 15 is 0 Å². The van der Waals surface area contributed by atoms with Crippen LogP contribution in [0.3, 0.4) is 0 Å². The Morgan fingerprint density at radius 2 is 1.74 bits per heavy atom. The zero-order chi connectivity index (χ0) is 19.6. The number of benzene rings is 1. The number of carbonyl (C=O) groups is 1. The quantitative estimate of drug-likeness (QED) is 0.744. The molecular formula is C19H16F2N4O2. The number of carbonyl (C=O) groups excluding carboxylic acids is 1. The van der Waals surface area contributed by atoms with Crippen molar-refractivity contribution in [2.45, 2.75) is 13.8 Å². The van der Waals surface area contributed by atoms with E-state index in [1.54, 1.807) is 12.3 Å². The van der Waals surface area contributed by atoms with Crippen molar-refractivity contribution in [3.05, 3.63) is 59.6 Å². The molecule has 0 aliphatic carbocycles. The van der Waals surface area contributed by atoms with Crippen molar-refractivity contribution in [3.8, 4) is 28.4 Å². The van der Waals surface area contributed by atoms with Crippen LogP contribution in [0.1, 0.15) is 22.8 Å². The molecule has 0 saturated carbocycles. The minimum atomic E-state index is -1.19. The van der Waals surface area contributed by atoms with Gasteiger partial charge in [-0.3, -0.25) is 14.8 Å². The Morgan fingerprint density at radius 1 is 1.07 bits per heavy atom. The molecule has 8 heteroatoms. The summed E-state index contributed by atoms with van der Waals surface area (Å²) < 4.78 is 33.4. The Kier molecular flexibility index (Phi) is 5.07. The predicted molar refractivity (Wildman–Crippen MR) is 95.0 cm³/mol. The molecule has 3 aromatic rings. The van der Waals surface area contributed by atoms with Crippen LogP contribution in [0.25, 0.3) is 22.5 Å². The van der Waals surface area contributed by atoms with E-state index in [4.69, 9.17) is 10.5 Å². The zero-order valence-corrected chi connectivity index (χ0v) is 14.7. The Labute approximate surface area is 154 Å². The van der Waals surface area contributed by atoms with Crippen LogP contribution in [0, 0.1) is 18.6 Å². The summed E-state index contributed by atoms with van der Waals surface area (Å²) in [6, 6.07) is 3.94. The second-order valence-electron chi connectivity index (χ2n) is 5.71. The number of aromatic nitrogens is 3. The SMILES string of the molecule is CCOc1cc(C)c(-c2cnc(-c3ccc(F)c(C(N)=O)c3F)cn2)cn1. The molecule has 138 valence electrons. The molecule has 0 bridgehead atoms. The van der Waals surface area contributed by atoms with Gasteiger partial charge in [-0.15, -0.1) is 0 Å². The number of hydrogen-bond acceptors (Lipinski definition) is 5. The maximum atomic E-state index is 14.4. The molecule has 0 spiro atoms. The van der Waals surface area contributed by atoms with Crippen LogP contribution in [-0.4, -0.2) is 27.5 Å². The van der Waals surface area contributed by atoms with E-state index in [2.05, 4.69) is 15.0 Å². The van der Waals surface area contributed by atoms with Gasteiger partial charge in [0, 0.05) is 23.4 Å². The van der Waals surface area contributed by atoms with Crippen molar-refractivity contribution in [1.82, 2.24) is 15.0 Å². The van der Waals surface area contributed by atoms with E-state index in [0.717, 1.165) is 17.2 Å². The smallest absolute Gasteiger partial charge is 0.254 e. The van der Waals surface area contributed by atoms with E-state index < -0.39 is 23.1 Å². The van der Waals surface area contributed by atoms with Gasteiger partial charge in [-0.05, 0) is 31.5 Å². The highest BCUT2D eigenvalue weighted by Crippen LogP contribution is 2.27. The molecule has 6 nitrogen and oxygen atoms in total. The van der Waals surface area contributed by atoms with Gasteiger partial charge in [0.05, 0.1) is 30.4 Å². The summed E-state index contributed by atoms with van der Waals surface area (Å²) in [4.78, 5) is 23.9. The van der Waals surface area contributed by atoms with Crippen molar-refractivity contribution < 1.29 is 18.3 Å². The highest BCUT2D eigenvalue weighted by molar-refractivity contribution is 5.94. The summed E-state index contributed by atoms with van der Waals surface area (Å²) in [5, 5.41) is 0. The van der Waals surface area contributed by atoms with Crippen LogP contribution in [0.15, 0.2) is 36.8 Å². The van der Waals surface area contributed by atoms with E-state index in [-0.39, 0.29) is 11.3 Å². The number of nitrogens with two attached hydrogens (primary N) is 1. The number of aryl methyl sites for hydroxylation is 1. The molecule has 2 heterocycles. The number of hydrogen-bond donors (Lipinski definition) is 1. The fourth-order valence-electron chi connectivity index (χ4n) is 2.61. The van der Waals surface area contributed by atoms with Crippen molar-refractivity contribution in [2.24, 2.45) is 5.73 Å². The molecule has 0 atom stereocenters. The Bertz CT molecular complexity index is 1010. The maximum absolute atomic E-state index is 14.4. The second-order valence-corrected chi connectivity index (χ2v) is 5.71. The first-order chi connectivity index (χ1) is 12.9. The molecule has 0 unspecified atom stereocenters. The average Bonchev–Trinajstić information content (AvgIpc) is 2.62. The second kappa shape index (κ2) is 7.45. The molecule has 0 saturated heterocycles. The molecular weight excluding hydrogens is 354 g/mol. The van der Waals surface area contributed by atoms with Gasteiger partial charge >= 0.3 is 0 Å². The van der Waals surface area contributed by atoms with Gasteiger partial charge in [-0.25, -0.2) is 13.8 Å². The van der Waals surface area contributed by atoms with Gasteiger partial charge in [0.15, 0.2) is 0 Å². The number of halogens is 2. The number of pyridine rings is 1. The van der Waals surface area contributed by atoms with Crippen molar-refractivity contribution in [3.63, 3.8) is 0 Å². The number of ether oxygens (including phenoxy) is 1. The molecule has 1 amide bonds. The summed E-state index contributed by atoms with van der Waals surface area (Å²) in [5.74, 6) is -2.77. The zero-order valence-electron chi connectivity index (χ0n) is 14.7. The van der Waals surface area contributed by atoms with Gasteiger partial charge in [0.1, 0.15) is 17.2 Å². The molecule has 0 fully saturated rings. The highest BCUT2D eigenvalue weighted by Gasteiger charge is 2.20. The predicted octanol–water partition coefficient (Wildman–Crippen LogP) is 3.29. The number of rotatable bonds is 5. The Hall–Kier alpha value is -3.42. The van der Waals surface area contributed by atoms with Crippen LogP contribution in [0.4, 0.5) is 8.78 Å². The molecule has 2 aromatic heterocycles. The summed E-state index contributed by atoms with van der Waals surface area (Å²) in [5.41, 5.74) is 6.49. The van der Waals surface area contributed by atoms with E-state index in [1.165, 1.54) is 18.5 Å². The molecule has 3 rings (SSSR count). The normalized spacial score (nSPS) is 10.7. The number of primary amides is 1. The summed E-state index contributed by atoms with van der Waals surface area (Å²) >= 11 is 0. The highest BCUT2D eigenvalue weighted by atomic mass is 19.1. The first kappa shape index (κ1) is 18.4. The minimum Gasteiger partial charge on any atom is -0.478 e. The van der Waals surface area contributed by atoms with Crippen molar-refractivity contribution >= 4 is 5.91 Å². The van der Waals surface area contributed by atoms with E-state index in [9.17, 15) is 13.6 Å². The lowest BCUT2D eigenvalue weighted by molar-refractivity contribution is 0.0992. The lowest BCUT2D eigenvalue weighted by atomic mass is 10.1. The van der Waals surface area contributed by atoms with Gasteiger partial charge in [-0.2, -0.15) is 0 Å². The van der Waals surface area contributed by atoms with E-state index in [0.29, 0.717) is 18.2 Å². The third-order valence-corrected chi connectivity index (χ3v) is 3.92. The average molecular weight is 370 g/mol. The summed E-state index contributed by atoms with van der Waals surface area (Å²) in [7, 11) is 0. The molecule has 2 N–H and O–H groups in total. The number of nitrogens with zero attached hydrogens (tertiary/aromatic N) is 3. The maximum Gasteiger partial charge on any atom is 0.254 e. The van der Waals surface area contributed by atoms with Crippen molar-refractivity contribution in [1.29, 1.82) is 0 Å². The molecule has 27 heavy (non-hydrogen) atoms. The number of amides is 1. The standard InChI is InChI=1S/C19H16F2N4O2/c1-3-27-16-6-10(2)12(7-25-16)15-9-23-14(8-24-15)11-4-5-13(20)17(18(11)21)19(22)26/h4-9H,3H2,1-2H3,(H2,22,26). The molecule has 0 radical (unpaired) electrons. The fourth-order valence-corrected chi connectivity index (χ4v) is 2.61. The van der Waals surface area contributed by atoms with Crippen LogP contribution in [0.5, 0.6) is 5.88 Å². The van der Waals surface area contributed by atoms with Crippen LogP contribution in [-0.2, 0) is 0 Å². The lowest BCUT2D eigenvalue weighted by Crippen LogP contribution is -2.16. The van der Waals surface area contributed by atoms with Gasteiger partial charge in [-0.1, -0.05) is 0 Å². The largest absolute Gasteiger partial charge is 0.478 e. The summed E-state index contributed by atoms with van der Waals surface area (Å²) in [6.07, 6.45) is 4.41. The lowest BCUT2D eigenvalue weighted by Gasteiger charge is -2.09. The third kappa shape index (κ3) is 3.59. The first-order valence-electron chi connectivity index (χ1n) is 8.12. The molecule has 0 aliphatic rings. The van der Waals surface area contributed by atoms with Crippen LogP contribution < -0.4 is 10.5 Å². The summed E-state index contributed by atoms with van der Waals surface area (Å²) in [6.45, 7) is 4.26. The van der Waals surface area contributed by atoms with Gasteiger partial charge in [0.25, 0.3) is 5.91 Å². The van der Waals surface area contributed by atoms with Crippen LogP contribution in [0.2, 0.25) is 0 Å². The van der Waals surface area contributed by atoms with Crippen molar-refractivity contribution in [2.75, 3.05) is 6.61 Å². The molecule has 1 aromatic carbocycles. The van der Waals surface area contributed by atoms with Crippen LogP contribution >= 0.6 is 0 Å². The Balaban J connectivity index is 1.97. The minimum absolute atomic E-state index is 0.0641. The topological polar surface area (TPSA) is 91.0 Å². The van der Waals surface area contributed by atoms with Gasteiger partial charge < -0.3 is 10.5 Å². The van der Waals surface area contributed by atoms with E-state index in [1.807, 2.05) is 13.8 Å². The van der Waals surface area contributed by atoms with Gasteiger partial charge in [0.2, 0.25) is 5.88 Å². The third-order valence-electron chi connectivity index (χ3n) is 3.92. The fraction of sp³-hybridized carbons (Fsp3) is 0.158. The monoisotopic (exact) mass is 370 g/mol. The Morgan fingerprint density at radius 3 is 2.30 bits per heavy atom. The molecule has 0 aliphatic heterocycles. The first-order valence-corrected chi connectivity index (χ1v) is 8.12.